The van der Waals surface area contributed by atoms with Crippen molar-refractivity contribution in [1.82, 2.24) is 35.4 Å². The summed E-state index contributed by atoms with van der Waals surface area (Å²) in [5, 5.41) is 22.4. The van der Waals surface area contributed by atoms with Crippen LogP contribution in [0.2, 0.25) is 0 Å². The van der Waals surface area contributed by atoms with Gasteiger partial charge in [-0.3, -0.25) is 0 Å². The van der Waals surface area contributed by atoms with Crippen LogP contribution in [0.3, 0.4) is 0 Å². The van der Waals surface area contributed by atoms with E-state index >= 15 is 0 Å². The summed E-state index contributed by atoms with van der Waals surface area (Å²) < 4.78 is 18.7. The zero-order valence-corrected chi connectivity index (χ0v) is 22.2. The molecule has 3 heterocycles. The number of hydrogen-bond donors (Lipinski definition) is 0. The highest BCUT2D eigenvalue weighted by molar-refractivity contribution is 7.98. The molecule has 10 nitrogen and oxygen atoms in total. The lowest BCUT2D eigenvalue weighted by Gasteiger charge is -2.11. The topological polar surface area (TPSA) is 114 Å². The third-order valence-electron chi connectivity index (χ3n) is 6.20. The van der Waals surface area contributed by atoms with Gasteiger partial charge in [0.1, 0.15) is 0 Å². The van der Waals surface area contributed by atoms with Crippen LogP contribution < -0.4 is 9.47 Å². The summed E-state index contributed by atoms with van der Waals surface area (Å²) in [7, 11) is 3.22. The molecule has 3 aromatic carbocycles. The van der Waals surface area contributed by atoms with Crippen molar-refractivity contribution in [2.45, 2.75) is 17.8 Å². The number of para-hydroxylation sites is 2. The Hall–Kier alpha value is -4.77. The van der Waals surface area contributed by atoms with Gasteiger partial charge in [0.15, 0.2) is 11.5 Å². The first-order valence-electron chi connectivity index (χ1n) is 12.1. The van der Waals surface area contributed by atoms with E-state index in [4.69, 9.17) is 18.9 Å². The van der Waals surface area contributed by atoms with E-state index in [1.165, 1.54) is 11.8 Å². The lowest BCUT2D eigenvalue weighted by Crippen LogP contribution is -2.01. The number of methoxy groups -OCH3 is 2. The fourth-order valence-corrected chi connectivity index (χ4v) is 4.98. The van der Waals surface area contributed by atoms with Crippen molar-refractivity contribution in [1.29, 1.82) is 0 Å². The van der Waals surface area contributed by atoms with Gasteiger partial charge in [0.05, 0.1) is 42.4 Å². The largest absolute Gasteiger partial charge is 0.493 e. The van der Waals surface area contributed by atoms with Crippen LogP contribution in [0.5, 0.6) is 11.5 Å². The quantitative estimate of drug-likeness (QED) is 0.229. The number of rotatable bonds is 8. The van der Waals surface area contributed by atoms with Gasteiger partial charge in [-0.05, 0) is 59.3 Å². The molecule has 0 unspecified atom stereocenters. The molecular weight excluding hydrogens is 514 g/mol. The Balaban J connectivity index is 1.32. The summed E-state index contributed by atoms with van der Waals surface area (Å²) in [5.74, 6) is 2.55. The zero-order valence-electron chi connectivity index (χ0n) is 21.4. The standard InChI is InChI=1S/C28H23N7O3S/c1-17-8-4-7-11-23(17)35-28(32-33-34-35)39-16-26-30-31-27(38-26)20-15-22(29-21-10-6-5-9-19(20)21)18-12-13-24(36-2)25(14-18)37-3/h4-15H,16H2,1-3H3. The van der Waals surface area contributed by atoms with Crippen LogP contribution in [0.15, 0.2) is 82.4 Å². The molecule has 39 heavy (non-hydrogen) atoms. The van der Waals surface area contributed by atoms with E-state index in [9.17, 15) is 0 Å². The molecule has 6 rings (SSSR count). The van der Waals surface area contributed by atoms with Crippen LogP contribution in [0.25, 0.3) is 39.3 Å². The number of tetrazole rings is 1. The number of thioether (sulfide) groups is 1. The SMILES string of the molecule is COc1ccc(-c2cc(-c3nnc(CSc4nnnn4-c4ccccc4C)o3)c3ccccc3n2)cc1OC. The van der Waals surface area contributed by atoms with Crippen LogP contribution in [0, 0.1) is 6.92 Å². The molecule has 0 N–H and O–H groups in total. The average molecular weight is 538 g/mol. The molecule has 194 valence electrons. The molecule has 11 heteroatoms. The Bertz CT molecular complexity index is 1780. The van der Waals surface area contributed by atoms with Crippen LogP contribution in [-0.2, 0) is 5.75 Å². The molecule has 0 atom stereocenters. The Labute approximate surface area is 228 Å². The van der Waals surface area contributed by atoms with Crippen LogP contribution >= 0.6 is 11.8 Å². The second-order valence-electron chi connectivity index (χ2n) is 8.59. The maximum Gasteiger partial charge on any atom is 0.248 e. The van der Waals surface area contributed by atoms with Gasteiger partial charge in [0.2, 0.25) is 16.9 Å². The molecule has 6 aromatic rings. The van der Waals surface area contributed by atoms with Gasteiger partial charge < -0.3 is 13.9 Å². The highest BCUT2D eigenvalue weighted by Crippen LogP contribution is 2.36. The van der Waals surface area contributed by atoms with Crippen LogP contribution in [0.4, 0.5) is 0 Å². The Kier molecular flexibility index (Phi) is 6.64. The fourth-order valence-electron chi connectivity index (χ4n) is 4.26. The van der Waals surface area contributed by atoms with Crippen molar-refractivity contribution >= 4 is 22.7 Å². The third kappa shape index (κ3) is 4.79. The summed E-state index contributed by atoms with van der Waals surface area (Å²) in [4.78, 5) is 4.87. The number of benzene rings is 3. The van der Waals surface area contributed by atoms with Gasteiger partial charge in [0.25, 0.3) is 0 Å². The van der Waals surface area contributed by atoms with Gasteiger partial charge in [0, 0.05) is 10.9 Å². The van der Waals surface area contributed by atoms with Gasteiger partial charge in [-0.2, -0.15) is 4.68 Å². The summed E-state index contributed by atoms with van der Waals surface area (Å²) in [6, 6.07) is 23.4. The average Bonchev–Trinajstić information content (AvgIpc) is 3.65. The third-order valence-corrected chi connectivity index (χ3v) is 7.11. The maximum absolute atomic E-state index is 6.12. The molecule has 0 radical (unpaired) electrons. The zero-order chi connectivity index (χ0) is 26.8. The minimum atomic E-state index is 0.407. The normalized spacial score (nSPS) is 11.2. The maximum atomic E-state index is 6.12. The lowest BCUT2D eigenvalue weighted by atomic mass is 10.0. The molecule has 0 amide bonds. The van der Waals surface area contributed by atoms with E-state index in [0.29, 0.717) is 34.2 Å². The van der Waals surface area contributed by atoms with E-state index in [1.54, 1.807) is 18.9 Å². The van der Waals surface area contributed by atoms with Crippen LogP contribution in [0.1, 0.15) is 11.5 Å². The molecular formula is C28H23N7O3S. The van der Waals surface area contributed by atoms with Crippen molar-refractivity contribution < 1.29 is 13.9 Å². The predicted octanol–water partition coefficient (Wildman–Crippen LogP) is 5.55. The van der Waals surface area contributed by atoms with Gasteiger partial charge >= 0.3 is 0 Å². The number of nitrogens with zero attached hydrogens (tertiary/aromatic N) is 7. The lowest BCUT2D eigenvalue weighted by molar-refractivity contribution is 0.355. The monoisotopic (exact) mass is 537 g/mol. The number of aryl methyl sites for hydroxylation is 1. The Morgan fingerprint density at radius 3 is 2.54 bits per heavy atom. The van der Waals surface area contributed by atoms with Crippen molar-refractivity contribution in [3.05, 3.63) is 84.3 Å². The molecule has 0 saturated heterocycles. The molecule has 0 spiro atoms. The summed E-state index contributed by atoms with van der Waals surface area (Å²) in [6.45, 7) is 2.02. The minimum absolute atomic E-state index is 0.407. The highest BCUT2D eigenvalue weighted by atomic mass is 32.2. The van der Waals surface area contributed by atoms with E-state index in [-0.39, 0.29) is 0 Å². The van der Waals surface area contributed by atoms with Crippen molar-refractivity contribution in [3.8, 4) is 39.9 Å². The summed E-state index contributed by atoms with van der Waals surface area (Å²) in [5.41, 5.74) is 5.21. The molecule has 0 aliphatic carbocycles. The predicted molar refractivity (Wildman–Crippen MR) is 147 cm³/mol. The molecule has 0 aliphatic rings. The van der Waals surface area contributed by atoms with Crippen molar-refractivity contribution in [3.63, 3.8) is 0 Å². The van der Waals surface area contributed by atoms with Crippen molar-refractivity contribution in [2.24, 2.45) is 0 Å². The number of ether oxygens (including phenoxy) is 2. The van der Waals surface area contributed by atoms with E-state index in [0.717, 1.165) is 39.0 Å². The number of pyridine rings is 1. The second-order valence-corrected chi connectivity index (χ2v) is 9.53. The van der Waals surface area contributed by atoms with E-state index < -0.39 is 0 Å². The minimum Gasteiger partial charge on any atom is -0.493 e. The first-order chi connectivity index (χ1) is 19.1. The van der Waals surface area contributed by atoms with Gasteiger partial charge in [-0.1, -0.05) is 48.2 Å². The fraction of sp³-hybridized carbons (Fsp3) is 0.143. The highest BCUT2D eigenvalue weighted by Gasteiger charge is 2.18. The van der Waals surface area contributed by atoms with Crippen molar-refractivity contribution in [2.75, 3.05) is 14.2 Å². The molecule has 0 aliphatic heterocycles. The number of hydrogen-bond acceptors (Lipinski definition) is 10. The molecule has 0 fully saturated rings. The first-order valence-corrected chi connectivity index (χ1v) is 13.1. The molecule has 0 bridgehead atoms. The number of aromatic nitrogens is 7. The van der Waals surface area contributed by atoms with Gasteiger partial charge in [-0.25, -0.2) is 4.98 Å². The Morgan fingerprint density at radius 2 is 1.69 bits per heavy atom. The molecule has 3 aromatic heterocycles. The summed E-state index contributed by atoms with van der Waals surface area (Å²) in [6.07, 6.45) is 0. The number of fused-ring (bicyclic) bond motifs is 1. The van der Waals surface area contributed by atoms with E-state index in [1.807, 2.05) is 79.7 Å². The first kappa shape index (κ1) is 24.6. The smallest absolute Gasteiger partial charge is 0.248 e. The molecule has 0 saturated carbocycles. The summed E-state index contributed by atoms with van der Waals surface area (Å²) >= 11 is 1.42. The Morgan fingerprint density at radius 1 is 0.872 bits per heavy atom. The van der Waals surface area contributed by atoms with E-state index in [2.05, 4.69) is 25.7 Å². The van der Waals surface area contributed by atoms with Gasteiger partial charge in [-0.15, -0.1) is 15.3 Å². The van der Waals surface area contributed by atoms with Crippen LogP contribution in [-0.4, -0.2) is 49.6 Å². The second kappa shape index (κ2) is 10.5.